The monoisotopic (exact) mass is 286 g/mol. The first-order valence-corrected chi connectivity index (χ1v) is 6.23. The Morgan fingerprint density at radius 2 is 1.86 bits per heavy atom. The average molecular weight is 286 g/mol. The number of nitrogens with one attached hydrogen (secondary N) is 1. The summed E-state index contributed by atoms with van der Waals surface area (Å²) in [6, 6.07) is 11.1. The maximum absolute atomic E-state index is 11.7. The van der Waals surface area contributed by atoms with Crippen LogP contribution in [0.3, 0.4) is 0 Å². The second kappa shape index (κ2) is 6.15. The summed E-state index contributed by atoms with van der Waals surface area (Å²) in [6.45, 7) is 0. The average Bonchev–Trinajstić information content (AvgIpc) is 2.53. The molecule has 0 fully saturated rings. The number of carboxylic acids is 1. The summed E-state index contributed by atoms with van der Waals surface area (Å²) in [5.41, 5.74) is 0.519. The molecule has 1 aromatic carbocycles. The summed E-state index contributed by atoms with van der Waals surface area (Å²) in [5.74, 6) is -1.70. The first kappa shape index (κ1) is 14.7. The molecule has 0 spiro atoms. The summed E-state index contributed by atoms with van der Waals surface area (Å²) in [7, 11) is 1.42. The smallest absolute Gasteiger partial charge is 0.335 e. The normalized spacial score (nSPS) is 11.7. The zero-order valence-electron chi connectivity index (χ0n) is 11.3. The van der Waals surface area contributed by atoms with Crippen LogP contribution >= 0.6 is 0 Å². The SMILES string of the molecule is CNC(=O)c1cc(C(=O)O)cc(C(O)c2ccccc2)n1. The summed E-state index contributed by atoms with van der Waals surface area (Å²) >= 11 is 0. The molecule has 6 nitrogen and oxygen atoms in total. The zero-order valence-corrected chi connectivity index (χ0v) is 11.3. The summed E-state index contributed by atoms with van der Waals surface area (Å²) in [6.07, 6.45) is -1.10. The van der Waals surface area contributed by atoms with E-state index in [-0.39, 0.29) is 17.0 Å². The van der Waals surface area contributed by atoms with Crippen molar-refractivity contribution < 1.29 is 19.8 Å². The number of amides is 1. The van der Waals surface area contributed by atoms with Crippen LogP contribution in [0.2, 0.25) is 0 Å². The van der Waals surface area contributed by atoms with Crippen LogP contribution < -0.4 is 5.32 Å². The van der Waals surface area contributed by atoms with Crippen molar-refractivity contribution in [3.63, 3.8) is 0 Å². The molecule has 21 heavy (non-hydrogen) atoms. The zero-order chi connectivity index (χ0) is 15.4. The second-order valence-corrected chi connectivity index (χ2v) is 4.36. The van der Waals surface area contributed by atoms with E-state index in [0.717, 1.165) is 0 Å². The highest BCUT2D eigenvalue weighted by atomic mass is 16.4. The molecular weight excluding hydrogens is 272 g/mol. The van der Waals surface area contributed by atoms with Gasteiger partial charge in [0.05, 0.1) is 11.3 Å². The van der Waals surface area contributed by atoms with E-state index < -0.39 is 18.0 Å². The van der Waals surface area contributed by atoms with E-state index in [9.17, 15) is 14.7 Å². The van der Waals surface area contributed by atoms with Crippen molar-refractivity contribution in [3.8, 4) is 0 Å². The molecule has 3 N–H and O–H groups in total. The molecule has 1 atom stereocenters. The number of hydrogen-bond donors (Lipinski definition) is 3. The lowest BCUT2D eigenvalue weighted by molar-refractivity contribution is 0.0696. The third-order valence-electron chi connectivity index (χ3n) is 2.95. The highest BCUT2D eigenvalue weighted by Crippen LogP contribution is 2.21. The van der Waals surface area contributed by atoms with Crippen LogP contribution in [0.5, 0.6) is 0 Å². The van der Waals surface area contributed by atoms with E-state index >= 15 is 0 Å². The van der Waals surface area contributed by atoms with Crippen LogP contribution in [0.15, 0.2) is 42.5 Å². The summed E-state index contributed by atoms with van der Waals surface area (Å²) in [5, 5.41) is 21.8. The lowest BCUT2D eigenvalue weighted by atomic mass is 10.0. The third kappa shape index (κ3) is 3.24. The molecular formula is C15H14N2O4. The van der Waals surface area contributed by atoms with E-state index in [1.54, 1.807) is 30.3 Å². The number of hydrogen-bond acceptors (Lipinski definition) is 4. The topological polar surface area (TPSA) is 99.5 Å². The molecule has 0 saturated heterocycles. The maximum Gasteiger partial charge on any atom is 0.335 e. The summed E-state index contributed by atoms with van der Waals surface area (Å²) in [4.78, 5) is 26.8. The molecule has 2 rings (SSSR count). The molecule has 0 aliphatic heterocycles. The highest BCUT2D eigenvalue weighted by Gasteiger charge is 2.18. The van der Waals surface area contributed by atoms with E-state index in [2.05, 4.69) is 10.3 Å². The minimum absolute atomic E-state index is 0.0534. The van der Waals surface area contributed by atoms with Gasteiger partial charge < -0.3 is 15.5 Å². The molecule has 0 aliphatic carbocycles. The number of rotatable bonds is 4. The van der Waals surface area contributed by atoms with Crippen LogP contribution in [-0.4, -0.2) is 34.1 Å². The second-order valence-electron chi connectivity index (χ2n) is 4.36. The molecule has 6 heteroatoms. The number of nitrogens with zero attached hydrogens (tertiary/aromatic N) is 1. The molecule has 0 bridgehead atoms. The van der Waals surface area contributed by atoms with Gasteiger partial charge in [0.2, 0.25) is 0 Å². The lowest BCUT2D eigenvalue weighted by Gasteiger charge is -2.12. The van der Waals surface area contributed by atoms with E-state index in [4.69, 9.17) is 5.11 Å². The van der Waals surface area contributed by atoms with Crippen molar-refractivity contribution in [2.24, 2.45) is 0 Å². The van der Waals surface area contributed by atoms with Gasteiger partial charge in [-0.1, -0.05) is 30.3 Å². The van der Waals surface area contributed by atoms with Crippen LogP contribution in [0.4, 0.5) is 0 Å². The van der Waals surface area contributed by atoms with Crippen molar-refractivity contribution in [3.05, 3.63) is 65.0 Å². The number of aliphatic hydroxyl groups excluding tert-OH is 1. The van der Waals surface area contributed by atoms with Crippen LogP contribution in [0.1, 0.15) is 38.2 Å². The number of carbonyl (C=O) groups is 2. The number of benzene rings is 1. The molecule has 2 aromatic rings. The standard InChI is InChI=1S/C15H14N2O4/c1-16-14(19)12-8-10(15(20)21)7-11(17-12)13(18)9-5-3-2-4-6-9/h2-8,13,18H,1H3,(H,16,19)(H,20,21). The van der Waals surface area contributed by atoms with E-state index in [1.807, 2.05) is 0 Å². The quantitative estimate of drug-likeness (QED) is 0.784. The molecule has 1 aromatic heterocycles. The number of pyridine rings is 1. The fraction of sp³-hybridized carbons (Fsp3) is 0.133. The van der Waals surface area contributed by atoms with Gasteiger partial charge in [-0.2, -0.15) is 0 Å². The molecule has 0 saturated carbocycles. The minimum Gasteiger partial charge on any atom is -0.478 e. The Morgan fingerprint density at radius 3 is 2.43 bits per heavy atom. The minimum atomic E-state index is -1.19. The van der Waals surface area contributed by atoms with Crippen LogP contribution in [-0.2, 0) is 0 Å². The fourth-order valence-corrected chi connectivity index (χ4v) is 1.87. The van der Waals surface area contributed by atoms with Gasteiger partial charge in [0.15, 0.2) is 0 Å². The molecule has 1 heterocycles. The van der Waals surface area contributed by atoms with Gasteiger partial charge in [0.25, 0.3) is 5.91 Å². The number of aromatic nitrogens is 1. The number of aliphatic hydroxyl groups is 1. The highest BCUT2D eigenvalue weighted by molar-refractivity contribution is 5.95. The molecule has 1 unspecified atom stereocenters. The van der Waals surface area contributed by atoms with Crippen molar-refractivity contribution in [1.82, 2.24) is 10.3 Å². The van der Waals surface area contributed by atoms with Gasteiger partial charge in [-0.05, 0) is 17.7 Å². The van der Waals surface area contributed by atoms with Crippen LogP contribution in [0.25, 0.3) is 0 Å². The number of aromatic carboxylic acids is 1. The molecule has 0 radical (unpaired) electrons. The van der Waals surface area contributed by atoms with Crippen LogP contribution in [0, 0.1) is 0 Å². The van der Waals surface area contributed by atoms with Crippen molar-refractivity contribution in [2.45, 2.75) is 6.10 Å². The van der Waals surface area contributed by atoms with Crippen molar-refractivity contribution >= 4 is 11.9 Å². The number of carboxylic acid groups (broad SMARTS) is 1. The Hall–Kier alpha value is -2.73. The third-order valence-corrected chi connectivity index (χ3v) is 2.95. The fourth-order valence-electron chi connectivity index (χ4n) is 1.87. The Bertz CT molecular complexity index is 671. The summed E-state index contributed by atoms with van der Waals surface area (Å²) < 4.78 is 0. The van der Waals surface area contributed by atoms with Crippen molar-refractivity contribution in [2.75, 3.05) is 7.05 Å². The Balaban J connectivity index is 2.50. The largest absolute Gasteiger partial charge is 0.478 e. The molecule has 108 valence electrons. The predicted octanol–water partition coefficient (Wildman–Crippen LogP) is 1.22. The van der Waals surface area contributed by atoms with E-state index in [1.165, 1.54) is 19.2 Å². The van der Waals surface area contributed by atoms with E-state index in [0.29, 0.717) is 5.56 Å². The van der Waals surface area contributed by atoms with Gasteiger partial charge in [-0.25, -0.2) is 9.78 Å². The van der Waals surface area contributed by atoms with Gasteiger partial charge in [0, 0.05) is 7.05 Å². The lowest BCUT2D eigenvalue weighted by Crippen LogP contribution is -2.21. The van der Waals surface area contributed by atoms with Gasteiger partial charge in [0.1, 0.15) is 11.8 Å². The van der Waals surface area contributed by atoms with Gasteiger partial charge >= 0.3 is 5.97 Å². The Labute approximate surface area is 121 Å². The maximum atomic E-state index is 11.7. The number of carbonyl (C=O) groups excluding carboxylic acids is 1. The van der Waals surface area contributed by atoms with Crippen molar-refractivity contribution in [1.29, 1.82) is 0 Å². The molecule has 0 aliphatic rings. The first-order chi connectivity index (χ1) is 10.0. The predicted molar refractivity (Wildman–Crippen MR) is 75.1 cm³/mol. The Morgan fingerprint density at radius 1 is 1.19 bits per heavy atom. The molecule has 1 amide bonds. The first-order valence-electron chi connectivity index (χ1n) is 6.23. The van der Waals surface area contributed by atoms with Gasteiger partial charge in [-0.3, -0.25) is 4.79 Å². The van der Waals surface area contributed by atoms with Gasteiger partial charge in [-0.15, -0.1) is 0 Å². The Kier molecular flexibility index (Phi) is 4.30.